The number of rotatable bonds is 5. The maximum absolute atomic E-state index is 10.7. The van der Waals surface area contributed by atoms with Crippen LogP contribution >= 0.6 is 68.0 Å². The van der Waals surface area contributed by atoms with Crippen LogP contribution in [0.5, 0.6) is 23.0 Å². The molecule has 0 atom stereocenters. The number of hydrogen-bond donors (Lipinski definition) is 0. The molecule has 0 amide bonds. The molecule has 0 aliphatic heterocycles. The van der Waals surface area contributed by atoms with Crippen LogP contribution < -0.4 is 18.9 Å². The SMILES string of the molecule is CC(=O)Oc1ccc2ccoc2c1.CC(=O)Oc1ccc2occc2c1.CC(=O)Oc1cccc2ccoc12.CC(=O)Oc1cccc2occc12.CCc1cccc2sccc12.Cc1ccc2ccsc2c1.Cc1ccc2sccc2c1.Cc1cccc2ccsc12.Cc1cccc2sccc12.c1ccc2sccc2c1. The first-order valence-electron chi connectivity index (χ1n) is 35.6. The van der Waals surface area contributed by atoms with Gasteiger partial charge in [0.15, 0.2) is 11.3 Å². The van der Waals surface area contributed by atoms with Crippen molar-refractivity contribution in [2.45, 2.75) is 68.7 Å². The van der Waals surface area contributed by atoms with E-state index in [2.05, 4.69) is 219 Å². The highest BCUT2D eigenvalue weighted by Gasteiger charge is 2.09. The smallest absolute Gasteiger partial charge is 0.308 e. The molecule has 0 radical (unpaired) electrons. The van der Waals surface area contributed by atoms with Crippen LogP contribution in [0, 0.1) is 27.7 Å². The number of furan rings is 4. The molecule has 12 nitrogen and oxygen atoms in total. The Kier molecular flexibility index (Phi) is 29.4. The first-order valence-corrected chi connectivity index (χ1v) is 40.9. The molecule has 20 aromatic rings. The Morgan fingerprint density at radius 2 is 0.795 bits per heavy atom. The molecule has 564 valence electrons. The summed E-state index contributed by atoms with van der Waals surface area (Å²) in [5.41, 5.74) is 9.74. The van der Waals surface area contributed by atoms with Gasteiger partial charge < -0.3 is 36.6 Å². The minimum atomic E-state index is -0.344. The summed E-state index contributed by atoms with van der Waals surface area (Å²) in [6, 6.07) is 82.3. The lowest BCUT2D eigenvalue weighted by Gasteiger charge is -2.00. The van der Waals surface area contributed by atoms with E-state index in [9.17, 15) is 19.2 Å². The fraction of sp³-hybridized carbons (Fsp3) is 0.106. The molecule has 18 heteroatoms. The van der Waals surface area contributed by atoms with Crippen molar-refractivity contribution >= 4 is 196 Å². The summed E-state index contributed by atoms with van der Waals surface area (Å²) in [7, 11) is 0. The van der Waals surface area contributed by atoms with E-state index in [-0.39, 0.29) is 23.9 Å². The van der Waals surface area contributed by atoms with Crippen LogP contribution in [0.15, 0.2) is 324 Å². The van der Waals surface area contributed by atoms with Crippen molar-refractivity contribution in [1.29, 1.82) is 0 Å². The van der Waals surface area contributed by atoms with Crippen LogP contribution in [0.25, 0.3) is 104 Å². The number of thiophene rings is 6. The number of fused-ring (bicyclic) bond motifs is 10. The second kappa shape index (κ2) is 40.6. The molecule has 0 unspecified atom stereocenters. The minimum Gasteiger partial charge on any atom is -0.464 e. The molecule has 10 aromatic carbocycles. The lowest BCUT2D eigenvalue weighted by Crippen LogP contribution is -2.01. The summed E-state index contributed by atoms with van der Waals surface area (Å²) in [4.78, 5) is 42.7. The van der Waals surface area contributed by atoms with Gasteiger partial charge in [-0.15, -0.1) is 68.0 Å². The third kappa shape index (κ3) is 23.3. The summed E-state index contributed by atoms with van der Waals surface area (Å²) in [6.45, 7) is 16.2. The van der Waals surface area contributed by atoms with Crippen molar-refractivity contribution < 1.29 is 55.8 Å². The first-order chi connectivity index (χ1) is 54.4. The van der Waals surface area contributed by atoms with E-state index in [4.69, 9.17) is 36.6 Å². The Labute approximate surface area is 672 Å². The Bertz CT molecular complexity index is 6050. The Morgan fingerprint density at radius 3 is 1.53 bits per heavy atom. The fourth-order valence-electron chi connectivity index (χ4n) is 11.5. The van der Waals surface area contributed by atoms with Crippen LogP contribution in [0.4, 0.5) is 0 Å². The van der Waals surface area contributed by atoms with Gasteiger partial charge in [-0.1, -0.05) is 116 Å². The number of hydrogen-bond acceptors (Lipinski definition) is 18. The monoisotopic (exact) mass is 1590 g/mol. The molecule has 20 rings (SSSR count). The highest BCUT2D eigenvalue weighted by Crippen LogP contribution is 2.31. The number of benzene rings is 10. The second-order valence-corrected chi connectivity index (χ2v) is 30.8. The van der Waals surface area contributed by atoms with E-state index >= 15 is 0 Å². The van der Waals surface area contributed by atoms with E-state index < -0.39 is 0 Å². The molecule has 0 saturated heterocycles. The van der Waals surface area contributed by atoms with Crippen molar-refractivity contribution in [1.82, 2.24) is 0 Å². The molecule has 112 heavy (non-hydrogen) atoms. The lowest BCUT2D eigenvalue weighted by atomic mass is 10.1. The number of carbonyl (C=O) groups is 4. The standard InChI is InChI=1S/4C10H8O3.C10H10S.4C9H8S.C8H6S/c1-7(11)13-9-2-3-10-8(6-9)4-5-12-10;1-7(11)13-9-3-2-8-4-5-12-10(8)6-9;1-7(11)13-10-4-2-3-9-8(10)5-6-12-9;1-7(11)13-9-4-2-3-8-5-6-12-10(8)9;1-2-8-4-3-5-10-9(8)6-7-11-10;1-7-2-3-9-8(6-7)4-5-10-9;1-7-2-3-8-4-5-10-9(8)6-7;1-7-3-2-4-9-8(7)5-6-10-9;1-7-3-2-4-8-5-6-10-9(7)8;1-2-4-8-7(3-1)5-6-9-8/h4*2-6H,1H3;3-7H,2H2,1H3;4*2-6H,1H3;1-6H. The predicted octanol–water partition coefficient (Wildman–Crippen LogP) is 28.6. The average molecular weight is 1590 g/mol. The Hall–Kier alpha value is -12.0. The van der Waals surface area contributed by atoms with Crippen molar-refractivity contribution in [3.8, 4) is 23.0 Å². The molecule has 0 aliphatic rings. The summed E-state index contributed by atoms with van der Waals surface area (Å²) < 4.78 is 48.7. The molecule has 0 spiro atoms. The van der Waals surface area contributed by atoms with Gasteiger partial charge in [0, 0.05) is 78.1 Å². The average Bonchev–Trinajstić information content (AvgIpc) is 1.66. The largest absolute Gasteiger partial charge is 0.464 e. The van der Waals surface area contributed by atoms with Gasteiger partial charge in [-0.3, -0.25) is 19.2 Å². The van der Waals surface area contributed by atoms with Crippen LogP contribution in [0.3, 0.4) is 0 Å². The summed E-state index contributed by atoms with van der Waals surface area (Å²) in [5.74, 6) is 0.747. The van der Waals surface area contributed by atoms with Gasteiger partial charge in [0.1, 0.15) is 34.0 Å². The molecular formula is C94H80O12S6. The maximum atomic E-state index is 10.7. The van der Waals surface area contributed by atoms with Crippen LogP contribution in [0.2, 0.25) is 0 Å². The summed E-state index contributed by atoms with van der Waals surface area (Å²) >= 11 is 10.8. The highest BCUT2D eigenvalue weighted by molar-refractivity contribution is 7.18. The van der Waals surface area contributed by atoms with Gasteiger partial charge in [-0.25, -0.2) is 0 Å². The van der Waals surface area contributed by atoms with Crippen LogP contribution in [-0.2, 0) is 25.6 Å². The summed E-state index contributed by atoms with van der Waals surface area (Å²) in [6.07, 6.45) is 7.47. The Balaban J connectivity index is 0.000000123. The number of carbonyl (C=O) groups excluding carboxylic acids is 4. The van der Waals surface area contributed by atoms with Crippen LogP contribution in [0.1, 0.15) is 62.4 Å². The van der Waals surface area contributed by atoms with Gasteiger partial charge in [0.25, 0.3) is 0 Å². The molecule has 0 saturated carbocycles. The van der Waals surface area contributed by atoms with Gasteiger partial charge in [-0.2, -0.15) is 0 Å². The van der Waals surface area contributed by atoms with Gasteiger partial charge in [-0.05, 0) is 260 Å². The van der Waals surface area contributed by atoms with Crippen molar-refractivity contribution in [3.63, 3.8) is 0 Å². The third-order valence-electron chi connectivity index (χ3n) is 16.7. The lowest BCUT2D eigenvalue weighted by molar-refractivity contribution is -0.132. The second-order valence-electron chi connectivity index (χ2n) is 25.1. The van der Waals surface area contributed by atoms with E-state index in [1.54, 1.807) is 125 Å². The van der Waals surface area contributed by atoms with Crippen molar-refractivity contribution in [2.24, 2.45) is 0 Å². The van der Waals surface area contributed by atoms with E-state index in [0.29, 0.717) is 28.6 Å². The fourth-order valence-corrected chi connectivity index (χ4v) is 16.5. The summed E-state index contributed by atoms with van der Waals surface area (Å²) in [5, 5.41) is 24.7. The molecule has 10 aromatic heterocycles. The number of aryl methyl sites for hydroxylation is 5. The zero-order valence-electron chi connectivity index (χ0n) is 63.0. The van der Waals surface area contributed by atoms with Gasteiger partial charge in [0.2, 0.25) is 0 Å². The number of para-hydroxylation sites is 1. The minimum absolute atomic E-state index is 0.317. The van der Waals surface area contributed by atoms with Crippen LogP contribution in [-0.4, -0.2) is 23.9 Å². The number of ether oxygens (including phenoxy) is 4. The van der Waals surface area contributed by atoms with E-state index in [1.165, 1.54) is 116 Å². The first kappa shape index (κ1) is 81.0. The third-order valence-corrected chi connectivity index (χ3v) is 22.2. The quantitative estimate of drug-likeness (QED) is 0.119. The molecular weight excluding hydrogens is 1510 g/mol. The van der Waals surface area contributed by atoms with E-state index in [0.717, 1.165) is 44.7 Å². The normalized spacial score (nSPS) is 10.4. The molecule has 0 N–H and O–H groups in total. The van der Waals surface area contributed by atoms with E-state index in [1.807, 2.05) is 65.1 Å². The van der Waals surface area contributed by atoms with Crippen molar-refractivity contribution in [3.05, 3.63) is 334 Å². The highest BCUT2D eigenvalue weighted by atomic mass is 32.1. The van der Waals surface area contributed by atoms with Gasteiger partial charge in [0.05, 0.1) is 30.4 Å². The maximum Gasteiger partial charge on any atom is 0.308 e. The topological polar surface area (TPSA) is 158 Å². The molecule has 0 aliphatic carbocycles. The zero-order valence-corrected chi connectivity index (χ0v) is 67.9. The zero-order chi connectivity index (χ0) is 78.7. The number of esters is 4. The predicted molar refractivity (Wildman–Crippen MR) is 469 cm³/mol. The molecule has 0 bridgehead atoms. The van der Waals surface area contributed by atoms with Crippen molar-refractivity contribution in [2.75, 3.05) is 0 Å². The molecule has 10 heterocycles. The Morgan fingerprint density at radius 1 is 0.304 bits per heavy atom. The molecule has 0 fully saturated rings. The van der Waals surface area contributed by atoms with Gasteiger partial charge >= 0.3 is 23.9 Å².